The number of aryl methyl sites for hydroxylation is 1. The summed E-state index contributed by atoms with van der Waals surface area (Å²) in [5.41, 5.74) is 4.52. The van der Waals surface area contributed by atoms with Gasteiger partial charge in [-0.2, -0.15) is 0 Å². The fourth-order valence-electron chi connectivity index (χ4n) is 10.7. The number of carbonyl (C=O) groups excluding carboxylic acids is 1. The lowest BCUT2D eigenvalue weighted by atomic mass is 9.39. The van der Waals surface area contributed by atoms with E-state index >= 15 is 0 Å². The Morgan fingerprint density at radius 1 is 0.895 bits per heavy atom. The van der Waals surface area contributed by atoms with Crippen molar-refractivity contribution in [2.45, 2.75) is 117 Å². The van der Waals surface area contributed by atoms with Crippen LogP contribution in [0.25, 0.3) is 0 Å². The smallest absolute Gasteiger partial charge is 0.251 e. The normalized spacial score (nSPS) is 45.5. The van der Waals surface area contributed by atoms with Gasteiger partial charge in [0.15, 0.2) is 0 Å². The Morgan fingerprint density at radius 3 is 2.34 bits per heavy atom. The number of rotatable bonds is 2. The second-order valence-electron chi connectivity index (χ2n) is 15.6. The van der Waals surface area contributed by atoms with Gasteiger partial charge in [-0.25, -0.2) is 0 Å². The maximum absolute atomic E-state index is 13.6. The van der Waals surface area contributed by atoms with E-state index in [0.717, 1.165) is 24.8 Å². The maximum Gasteiger partial charge on any atom is 0.251 e. The molecule has 0 saturated heterocycles. The molecule has 1 amide bonds. The fourth-order valence-corrected chi connectivity index (χ4v) is 10.7. The number of fused-ring (bicyclic) bond motifs is 7. The molecule has 0 radical (unpaired) electrons. The first-order valence-electron chi connectivity index (χ1n) is 15.7. The zero-order valence-corrected chi connectivity index (χ0v) is 24.8. The summed E-state index contributed by atoms with van der Waals surface area (Å²) in [6.45, 7) is 14.5. The van der Waals surface area contributed by atoms with Gasteiger partial charge < -0.3 is 10.4 Å². The average Bonchev–Trinajstić information content (AvgIpc) is 2.87. The molecule has 4 saturated carbocycles. The van der Waals surface area contributed by atoms with Crippen LogP contribution >= 0.6 is 0 Å². The van der Waals surface area contributed by atoms with Gasteiger partial charge in [-0.3, -0.25) is 4.79 Å². The maximum atomic E-state index is 13.6. The predicted octanol–water partition coefficient (Wildman–Crippen LogP) is 7.86. The first-order valence-corrected chi connectivity index (χ1v) is 15.7. The summed E-state index contributed by atoms with van der Waals surface area (Å²) in [7, 11) is 0. The van der Waals surface area contributed by atoms with Crippen molar-refractivity contribution < 1.29 is 9.90 Å². The molecular weight excluding hydrogens is 466 g/mol. The van der Waals surface area contributed by atoms with Crippen LogP contribution in [-0.4, -0.2) is 22.7 Å². The van der Waals surface area contributed by atoms with Crippen molar-refractivity contribution in [2.24, 2.45) is 45.8 Å². The van der Waals surface area contributed by atoms with Crippen LogP contribution in [0.4, 0.5) is 0 Å². The van der Waals surface area contributed by atoms with Crippen LogP contribution in [0, 0.1) is 52.8 Å². The Morgan fingerprint density at radius 2 is 1.61 bits per heavy atom. The molecule has 1 aromatic carbocycles. The zero-order valence-electron chi connectivity index (χ0n) is 24.8. The molecule has 2 N–H and O–H groups in total. The van der Waals surface area contributed by atoms with E-state index in [0.29, 0.717) is 45.8 Å². The predicted molar refractivity (Wildman–Crippen MR) is 155 cm³/mol. The van der Waals surface area contributed by atoms with Crippen molar-refractivity contribution in [3.8, 4) is 0 Å². The Labute approximate surface area is 231 Å². The molecule has 3 heteroatoms. The molecule has 208 valence electrons. The number of aliphatic hydroxyl groups is 1. The van der Waals surface area contributed by atoms with Gasteiger partial charge in [0, 0.05) is 17.0 Å². The van der Waals surface area contributed by atoms with Gasteiger partial charge >= 0.3 is 0 Å². The van der Waals surface area contributed by atoms with Gasteiger partial charge in [-0.15, -0.1) is 0 Å². The summed E-state index contributed by atoms with van der Waals surface area (Å²) in [6.07, 6.45) is 14.2. The Kier molecular flexibility index (Phi) is 6.27. The van der Waals surface area contributed by atoms with E-state index in [1.807, 2.05) is 12.1 Å². The highest BCUT2D eigenvalue weighted by Crippen LogP contribution is 2.69. The Balaban J connectivity index is 1.34. The largest absolute Gasteiger partial charge is 0.393 e. The third-order valence-corrected chi connectivity index (χ3v) is 13.1. The van der Waals surface area contributed by atoms with Gasteiger partial charge in [-0.05, 0) is 123 Å². The number of nitrogens with one attached hydrogen (secondary N) is 1. The van der Waals surface area contributed by atoms with Gasteiger partial charge in [-0.1, -0.05) is 64.0 Å². The lowest BCUT2D eigenvalue weighted by Gasteiger charge is -2.66. The molecule has 0 spiro atoms. The summed E-state index contributed by atoms with van der Waals surface area (Å²) in [6, 6.07) is 8.08. The van der Waals surface area contributed by atoms with E-state index in [4.69, 9.17) is 0 Å². The first-order chi connectivity index (χ1) is 17.9. The summed E-state index contributed by atoms with van der Waals surface area (Å²) in [5, 5.41) is 14.4. The molecule has 0 heterocycles. The molecule has 38 heavy (non-hydrogen) atoms. The van der Waals surface area contributed by atoms with Crippen molar-refractivity contribution in [3.63, 3.8) is 0 Å². The standard InChI is InChI=1S/C35H51NO2/c1-22-7-9-24(10-8-22)31(38)36-35-18-14-27-25(28(35)21-32(3,4)19-20-35)11-12-30-33(5)17-15-29(37)23(2)26(33)13-16-34(27,30)6/h7-11,23,26-30,37H,12-21H2,1-6H3,(H,36,38). The SMILES string of the molecule is Cc1ccc(C(=O)NC23CCC4C(=CCC5C4(C)CCC4C(C)C(O)CCC45C)C2CC(C)(C)CC3)cc1. The number of benzene rings is 1. The summed E-state index contributed by atoms with van der Waals surface area (Å²) in [5.74, 6) is 2.93. The second-order valence-corrected chi connectivity index (χ2v) is 15.6. The molecule has 5 aliphatic carbocycles. The number of hydrogen-bond acceptors (Lipinski definition) is 2. The van der Waals surface area contributed by atoms with Crippen LogP contribution in [-0.2, 0) is 0 Å². The monoisotopic (exact) mass is 517 g/mol. The lowest BCUT2D eigenvalue weighted by Crippen LogP contribution is -2.64. The number of hydrogen-bond donors (Lipinski definition) is 2. The van der Waals surface area contributed by atoms with Crippen LogP contribution in [0.2, 0.25) is 0 Å². The quantitative estimate of drug-likeness (QED) is 0.392. The van der Waals surface area contributed by atoms with Crippen LogP contribution in [0.3, 0.4) is 0 Å². The van der Waals surface area contributed by atoms with E-state index in [9.17, 15) is 9.90 Å². The molecular formula is C35H51NO2. The van der Waals surface area contributed by atoms with Gasteiger partial charge in [0.2, 0.25) is 0 Å². The molecule has 1 aromatic rings. The number of amides is 1. The van der Waals surface area contributed by atoms with Crippen molar-refractivity contribution in [3.05, 3.63) is 47.0 Å². The second kappa shape index (κ2) is 8.95. The molecule has 0 aliphatic heterocycles. The number of aliphatic hydroxyl groups excluding tert-OH is 1. The minimum absolute atomic E-state index is 0.108. The summed E-state index contributed by atoms with van der Waals surface area (Å²) in [4.78, 5) is 13.6. The Hall–Kier alpha value is -1.61. The first kappa shape index (κ1) is 26.6. The van der Waals surface area contributed by atoms with E-state index in [2.05, 4.69) is 65.1 Å². The van der Waals surface area contributed by atoms with Crippen molar-refractivity contribution in [2.75, 3.05) is 0 Å². The summed E-state index contributed by atoms with van der Waals surface area (Å²) >= 11 is 0. The lowest BCUT2D eigenvalue weighted by molar-refractivity contribution is -0.154. The van der Waals surface area contributed by atoms with Gasteiger partial charge in [0.25, 0.3) is 5.91 Å². The molecule has 0 aromatic heterocycles. The summed E-state index contributed by atoms with van der Waals surface area (Å²) < 4.78 is 0. The molecule has 6 rings (SSSR count). The highest BCUT2D eigenvalue weighted by atomic mass is 16.3. The molecule has 0 bridgehead atoms. The molecule has 4 fully saturated rings. The minimum atomic E-state index is -0.121. The van der Waals surface area contributed by atoms with Crippen LogP contribution in [0.15, 0.2) is 35.9 Å². The van der Waals surface area contributed by atoms with E-state index in [-0.39, 0.29) is 17.6 Å². The van der Waals surface area contributed by atoms with Gasteiger partial charge in [0.05, 0.1) is 6.10 Å². The number of carbonyl (C=O) groups is 1. The Bertz CT molecular complexity index is 1120. The van der Waals surface area contributed by atoms with Crippen molar-refractivity contribution >= 4 is 5.91 Å². The molecule has 5 aliphatic rings. The van der Waals surface area contributed by atoms with Gasteiger partial charge in [0.1, 0.15) is 0 Å². The van der Waals surface area contributed by atoms with Crippen LogP contribution < -0.4 is 5.32 Å². The average molecular weight is 518 g/mol. The van der Waals surface area contributed by atoms with Crippen molar-refractivity contribution in [1.82, 2.24) is 5.32 Å². The van der Waals surface area contributed by atoms with Crippen molar-refractivity contribution in [1.29, 1.82) is 0 Å². The minimum Gasteiger partial charge on any atom is -0.393 e. The third kappa shape index (κ3) is 3.96. The topological polar surface area (TPSA) is 49.3 Å². The van der Waals surface area contributed by atoms with Crippen LogP contribution in [0.1, 0.15) is 115 Å². The van der Waals surface area contributed by atoms with Crippen LogP contribution in [0.5, 0.6) is 0 Å². The molecule has 9 unspecified atom stereocenters. The fraction of sp³-hybridized carbons (Fsp3) is 0.743. The highest BCUT2D eigenvalue weighted by Gasteiger charge is 2.63. The zero-order chi connectivity index (χ0) is 27.1. The highest BCUT2D eigenvalue weighted by molar-refractivity contribution is 5.94. The van der Waals surface area contributed by atoms with E-state index in [1.54, 1.807) is 5.57 Å². The molecule has 9 atom stereocenters. The third-order valence-electron chi connectivity index (χ3n) is 13.1. The number of allylic oxidation sites excluding steroid dienone is 1. The van der Waals surface area contributed by atoms with E-state index in [1.165, 1.54) is 50.5 Å². The molecule has 3 nitrogen and oxygen atoms in total. The van der Waals surface area contributed by atoms with E-state index < -0.39 is 0 Å².